The number of hydrogen-bond acceptors (Lipinski definition) is 3. The Balaban J connectivity index is 1.92. The second-order valence-corrected chi connectivity index (χ2v) is 4.80. The van der Waals surface area contributed by atoms with Crippen LogP contribution in [0.1, 0.15) is 22.8 Å². The Hall–Kier alpha value is -2.82. The van der Waals surface area contributed by atoms with Gasteiger partial charge in [0.1, 0.15) is 5.75 Å². The van der Waals surface area contributed by atoms with E-state index in [1.54, 1.807) is 31.4 Å². The Labute approximate surface area is 129 Å². The molecule has 0 saturated carbocycles. The largest absolute Gasteiger partial charge is 0.497 e. The highest BCUT2D eigenvalue weighted by Gasteiger charge is 2.05. The minimum Gasteiger partial charge on any atom is -0.497 e. The highest BCUT2D eigenvalue weighted by molar-refractivity contribution is 5.96. The molecule has 0 saturated heterocycles. The Bertz CT molecular complexity index is 683. The van der Waals surface area contributed by atoms with Crippen LogP contribution in [0.4, 0.5) is 10.5 Å². The van der Waals surface area contributed by atoms with Crippen LogP contribution in [-0.4, -0.2) is 18.9 Å². The normalized spacial score (nSPS) is 9.91. The van der Waals surface area contributed by atoms with Gasteiger partial charge < -0.3 is 15.4 Å². The minimum atomic E-state index is -0.330. The van der Waals surface area contributed by atoms with Crippen LogP contribution in [0.25, 0.3) is 0 Å². The van der Waals surface area contributed by atoms with Crippen LogP contribution in [0.2, 0.25) is 0 Å². The monoisotopic (exact) mass is 298 g/mol. The van der Waals surface area contributed by atoms with E-state index in [0.717, 1.165) is 11.3 Å². The molecular weight excluding hydrogens is 280 g/mol. The summed E-state index contributed by atoms with van der Waals surface area (Å²) in [5.74, 6) is 0.703. The molecule has 2 N–H and O–H groups in total. The number of benzene rings is 2. The van der Waals surface area contributed by atoms with Gasteiger partial charge in [-0.1, -0.05) is 24.3 Å². The van der Waals surface area contributed by atoms with Crippen LogP contribution in [-0.2, 0) is 6.54 Å². The van der Waals surface area contributed by atoms with Gasteiger partial charge in [-0.3, -0.25) is 4.79 Å². The van der Waals surface area contributed by atoms with Crippen molar-refractivity contribution in [2.45, 2.75) is 13.5 Å². The number of Topliss-reactive ketones (excluding diaryl/α,β-unsaturated/α-hetero) is 1. The zero-order valence-electron chi connectivity index (χ0n) is 12.6. The summed E-state index contributed by atoms with van der Waals surface area (Å²) in [5, 5.41) is 5.46. The molecule has 0 atom stereocenters. The third-order valence-corrected chi connectivity index (χ3v) is 3.11. The van der Waals surface area contributed by atoms with Gasteiger partial charge in [-0.2, -0.15) is 0 Å². The lowest BCUT2D eigenvalue weighted by Crippen LogP contribution is -2.28. The van der Waals surface area contributed by atoms with E-state index in [9.17, 15) is 9.59 Å². The number of ketones is 1. The third kappa shape index (κ3) is 4.34. The fraction of sp³-hybridized carbons (Fsp3) is 0.176. The molecule has 2 rings (SSSR count). The SMILES string of the molecule is COc1cccc(CNC(=O)Nc2cccc(C(C)=O)c2)c1. The number of nitrogens with one attached hydrogen (secondary N) is 2. The predicted octanol–water partition coefficient (Wildman–Crippen LogP) is 3.22. The zero-order valence-corrected chi connectivity index (χ0v) is 12.6. The maximum Gasteiger partial charge on any atom is 0.319 e. The molecule has 2 aromatic carbocycles. The van der Waals surface area contributed by atoms with Crippen molar-refractivity contribution in [1.82, 2.24) is 5.32 Å². The second-order valence-electron chi connectivity index (χ2n) is 4.80. The van der Waals surface area contributed by atoms with Crippen LogP contribution in [0, 0.1) is 0 Å². The molecule has 0 fully saturated rings. The molecule has 0 aromatic heterocycles. The van der Waals surface area contributed by atoms with Crippen molar-refractivity contribution in [1.29, 1.82) is 0 Å². The van der Waals surface area contributed by atoms with E-state index in [1.165, 1.54) is 6.92 Å². The van der Waals surface area contributed by atoms with Crippen molar-refractivity contribution >= 4 is 17.5 Å². The average Bonchev–Trinajstić information content (AvgIpc) is 2.53. The highest BCUT2D eigenvalue weighted by atomic mass is 16.5. The molecule has 0 aliphatic rings. The van der Waals surface area contributed by atoms with Gasteiger partial charge in [-0.05, 0) is 36.8 Å². The fourth-order valence-corrected chi connectivity index (χ4v) is 1.96. The molecule has 0 radical (unpaired) electrons. The topological polar surface area (TPSA) is 67.4 Å². The lowest BCUT2D eigenvalue weighted by Gasteiger charge is -2.09. The summed E-state index contributed by atoms with van der Waals surface area (Å²) in [6.45, 7) is 1.87. The summed E-state index contributed by atoms with van der Waals surface area (Å²) in [6.07, 6.45) is 0. The van der Waals surface area contributed by atoms with E-state index < -0.39 is 0 Å². The van der Waals surface area contributed by atoms with E-state index in [2.05, 4.69) is 10.6 Å². The fourth-order valence-electron chi connectivity index (χ4n) is 1.96. The first-order valence-corrected chi connectivity index (χ1v) is 6.87. The number of amides is 2. The zero-order chi connectivity index (χ0) is 15.9. The molecule has 5 heteroatoms. The van der Waals surface area contributed by atoms with Crippen LogP contribution < -0.4 is 15.4 Å². The first-order chi connectivity index (χ1) is 10.6. The summed E-state index contributed by atoms with van der Waals surface area (Å²) < 4.78 is 5.13. The molecule has 0 spiro atoms. The molecule has 0 bridgehead atoms. The van der Waals surface area contributed by atoms with Crippen LogP contribution in [0.5, 0.6) is 5.75 Å². The average molecular weight is 298 g/mol. The first kappa shape index (κ1) is 15.6. The lowest BCUT2D eigenvalue weighted by molar-refractivity contribution is 0.101. The quantitative estimate of drug-likeness (QED) is 0.833. The Morgan fingerprint density at radius 2 is 1.86 bits per heavy atom. The van der Waals surface area contributed by atoms with Crippen molar-refractivity contribution in [2.75, 3.05) is 12.4 Å². The number of ether oxygens (including phenoxy) is 1. The van der Waals surface area contributed by atoms with Crippen molar-refractivity contribution in [2.24, 2.45) is 0 Å². The van der Waals surface area contributed by atoms with Gasteiger partial charge in [-0.15, -0.1) is 0 Å². The van der Waals surface area contributed by atoms with E-state index in [-0.39, 0.29) is 11.8 Å². The molecular formula is C17H18N2O3. The summed E-state index contributed by atoms with van der Waals surface area (Å²) in [7, 11) is 1.60. The smallest absolute Gasteiger partial charge is 0.319 e. The maximum atomic E-state index is 11.9. The Morgan fingerprint density at radius 3 is 2.59 bits per heavy atom. The molecule has 2 amide bonds. The van der Waals surface area contributed by atoms with E-state index in [0.29, 0.717) is 17.8 Å². The third-order valence-electron chi connectivity index (χ3n) is 3.11. The van der Waals surface area contributed by atoms with E-state index in [4.69, 9.17) is 4.74 Å². The molecule has 0 aliphatic heterocycles. The van der Waals surface area contributed by atoms with Crippen LogP contribution in [0.3, 0.4) is 0 Å². The molecule has 0 aliphatic carbocycles. The molecule has 5 nitrogen and oxygen atoms in total. The molecule has 0 heterocycles. The number of rotatable bonds is 5. The standard InChI is InChI=1S/C17H18N2O3/c1-12(20)14-6-4-7-15(10-14)19-17(21)18-11-13-5-3-8-16(9-13)22-2/h3-10H,11H2,1-2H3,(H2,18,19,21). The van der Waals surface area contributed by atoms with E-state index in [1.807, 2.05) is 24.3 Å². The van der Waals surface area contributed by atoms with Gasteiger partial charge in [0, 0.05) is 17.8 Å². The Kier molecular flexibility index (Phi) is 5.14. The lowest BCUT2D eigenvalue weighted by atomic mass is 10.1. The van der Waals surface area contributed by atoms with Crippen LogP contribution >= 0.6 is 0 Å². The molecule has 22 heavy (non-hydrogen) atoms. The van der Waals surface area contributed by atoms with Gasteiger partial charge in [0.15, 0.2) is 5.78 Å². The van der Waals surface area contributed by atoms with Crippen molar-refractivity contribution < 1.29 is 14.3 Å². The van der Waals surface area contributed by atoms with Gasteiger partial charge in [-0.25, -0.2) is 4.79 Å². The van der Waals surface area contributed by atoms with Gasteiger partial charge in [0.05, 0.1) is 7.11 Å². The summed E-state index contributed by atoms with van der Waals surface area (Å²) in [4.78, 5) is 23.2. The van der Waals surface area contributed by atoms with Crippen molar-refractivity contribution in [3.63, 3.8) is 0 Å². The Morgan fingerprint density at radius 1 is 1.09 bits per heavy atom. The van der Waals surface area contributed by atoms with Gasteiger partial charge >= 0.3 is 6.03 Å². The number of methoxy groups -OCH3 is 1. The number of hydrogen-bond donors (Lipinski definition) is 2. The second kappa shape index (κ2) is 7.26. The number of carbonyl (C=O) groups excluding carboxylic acids is 2. The molecule has 0 unspecified atom stereocenters. The minimum absolute atomic E-state index is 0.0413. The van der Waals surface area contributed by atoms with E-state index >= 15 is 0 Å². The maximum absolute atomic E-state index is 11.9. The number of carbonyl (C=O) groups is 2. The number of urea groups is 1. The molecule has 2 aromatic rings. The van der Waals surface area contributed by atoms with Gasteiger partial charge in [0.2, 0.25) is 0 Å². The summed E-state index contributed by atoms with van der Waals surface area (Å²) in [5.41, 5.74) is 2.08. The van der Waals surface area contributed by atoms with Crippen molar-refractivity contribution in [3.05, 3.63) is 59.7 Å². The van der Waals surface area contributed by atoms with Crippen molar-refractivity contribution in [3.8, 4) is 5.75 Å². The molecule has 114 valence electrons. The summed E-state index contributed by atoms with van der Waals surface area (Å²) in [6, 6.07) is 14.0. The highest BCUT2D eigenvalue weighted by Crippen LogP contribution is 2.13. The first-order valence-electron chi connectivity index (χ1n) is 6.87. The number of anilines is 1. The van der Waals surface area contributed by atoms with Crippen LogP contribution in [0.15, 0.2) is 48.5 Å². The summed E-state index contributed by atoms with van der Waals surface area (Å²) >= 11 is 0. The predicted molar refractivity (Wildman–Crippen MR) is 85.3 cm³/mol. The van der Waals surface area contributed by atoms with Gasteiger partial charge in [0.25, 0.3) is 0 Å².